The Morgan fingerprint density at radius 2 is 1.05 bits per heavy atom. The van der Waals surface area contributed by atoms with Gasteiger partial charge in [0.25, 0.3) is 0 Å². The van der Waals surface area contributed by atoms with Crippen molar-refractivity contribution in [2.45, 2.75) is 47.0 Å². The highest BCUT2D eigenvalue weighted by Gasteiger charge is 2.28. The fourth-order valence-corrected chi connectivity index (χ4v) is 3.64. The quantitative estimate of drug-likeness (QED) is 0.185. The van der Waals surface area contributed by atoms with Crippen molar-refractivity contribution in [2.24, 2.45) is 0 Å². The Bertz CT molecular complexity index is 1490. The Hall–Kier alpha value is -5.12. The lowest BCUT2D eigenvalue weighted by atomic mass is 9.74. The summed E-state index contributed by atoms with van der Waals surface area (Å²) in [4.78, 5) is 45.8. The van der Waals surface area contributed by atoms with Crippen molar-refractivity contribution < 1.29 is 49.1 Å². The third kappa shape index (κ3) is 8.18. The topological polar surface area (TPSA) is 168 Å². The van der Waals surface area contributed by atoms with E-state index in [-0.39, 0.29) is 33.6 Å². The monoisotopic (exact) mass is 564 g/mol. The minimum atomic E-state index is -1.20. The van der Waals surface area contributed by atoms with Crippen LogP contribution >= 0.6 is 0 Å². The lowest BCUT2D eigenvalue weighted by Crippen LogP contribution is -2.21. The molecule has 2 aromatic carbocycles. The maximum atomic E-state index is 11.8. The average Bonchev–Trinajstić information content (AvgIpc) is 2.91. The van der Waals surface area contributed by atoms with Crippen LogP contribution in [0.4, 0.5) is 0 Å². The second-order valence-corrected chi connectivity index (χ2v) is 9.80. The van der Waals surface area contributed by atoms with Crippen LogP contribution in [0.5, 0.6) is 11.5 Å². The molecule has 216 valence electrons. The number of rotatable bonds is 12. The van der Waals surface area contributed by atoms with Crippen LogP contribution < -0.4 is 9.47 Å². The number of benzene rings is 2. The van der Waals surface area contributed by atoms with Gasteiger partial charge in [-0.3, -0.25) is 0 Å². The minimum absolute atomic E-state index is 0.0209. The van der Waals surface area contributed by atoms with E-state index < -0.39 is 29.3 Å². The van der Waals surface area contributed by atoms with Gasteiger partial charge >= 0.3 is 23.9 Å². The van der Waals surface area contributed by atoms with Gasteiger partial charge in [-0.25, -0.2) is 19.2 Å². The Morgan fingerprint density at radius 1 is 0.610 bits per heavy atom. The summed E-state index contributed by atoms with van der Waals surface area (Å²) in [5.41, 5.74) is 1.09. The lowest BCUT2D eigenvalue weighted by molar-refractivity contribution is -0.133. The second kappa shape index (κ2) is 13.3. The Labute approximate surface area is 237 Å². The molecule has 0 spiro atoms. The van der Waals surface area contributed by atoms with E-state index in [9.17, 15) is 34.5 Å². The van der Waals surface area contributed by atoms with Crippen LogP contribution in [0.1, 0.15) is 63.8 Å². The zero-order valence-corrected chi connectivity index (χ0v) is 23.5. The van der Waals surface area contributed by atoms with Crippen molar-refractivity contribution in [1.82, 2.24) is 0 Å². The van der Waals surface area contributed by atoms with Crippen LogP contribution in [0, 0.1) is 0 Å². The van der Waals surface area contributed by atoms with E-state index in [1.54, 1.807) is 36.4 Å². The van der Waals surface area contributed by atoms with Gasteiger partial charge in [-0.15, -0.1) is 0 Å². The van der Waals surface area contributed by atoms with Crippen LogP contribution in [0.3, 0.4) is 0 Å². The van der Waals surface area contributed by atoms with E-state index in [2.05, 4.69) is 0 Å². The van der Waals surface area contributed by atoms with E-state index in [1.165, 1.54) is 39.8 Å². The lowest BCUT2D eigenvalue weighted by Gasteiger charge is -2.30. The number of hydrogen-bond donors (Lipinski definition) is 4. The van der Waals surface area contributed by atoms with Gasteiger partial charge < -0.3 is 29.9 Å². The maximum Gasteiger partial charge on any atom is 0.334 e. The molecule has 0 aliphatic carbocycles. The summed E-state index contributed by atoms with van der Waals surface area (Å²) in [6.07, 6.45) is 4.91. The summed E-state index contributed by atoms with van der Waals surface area (Å²) in [5, 5.41) is 37.4. The van der Waals surface area contributed by atoms with Gasteiger partial charge in [0.2, 0.25) is 0 Å². The van der Waals surface area contributed by atoms with Crippen molar-refractivity contribution in [3.05, 3.63) is 93.5 Å². The minimum Gasteiger partial charge on any atom is -0.478 e. The molecule has 0 fully saturated rings. The molecule has 0 saturated heterocycles. The van der Waals surface area contributed by atoms with Gasteiger partial charge in [-0.05, 0) is 74.7 Å². The SMILES string of the molecule is CC(=COc1ccc(C(C)(C)c2ccc(OC=C(C)C(=O)O)c(C=C(C)C(=O)O)c2C=C(C)C(=O)O)cc1)C(=O)O. The number of carboxylic acids is 4. The number of hydrogen-bond acceptors (Lipinski definition) is 6. The smallest absolute Gasteiger partial charge is 0.334 e. The van der Waals surface area contributed by atoms with Crippen molar-refractivity contribution in [2.75, 3.05) is 0 Å². The molecule has 0 aromatic heterocycles. The molecule has 2 aromatic rings. The van der Waals surface area contributed by atoms with Crippen LogP contribution in [0.15, 0.2) is 71.2 Å². The Morgan fingerprint density at radius 3 is 1.51 bits per heavy atom. The predicted octanol–water partition coefficient (Wildman–Crippen LogP) is 5.72. The van der Waals surface area contributed by atoms with Crippen LogP contribution in [0.2, 0.25) is 0 Å². The third-order valence-corrected chi connectivity index (χ3v) is 6.30. The number of carboxylic acid groups (broad SMARTS) is 4. The van der Waals surface area contributed by atoms with E-state index >= 15 is 0 Å². The molecule has 0 bridgehead atoms. The summed E-state index contributed by atoms with van der Waals surface area (Å²) in [6, 6.07) is 10.1. The summed E-state index contributed by atoms with van der Waals surface area (Å²) < 4.78 is 11.1. The maximum absolute atomic E-state index is 11.8. The number of aliphatic carboxylic acids is 4. The highest BCUT2D eigenvalue weighted by Crippen LogP contribution is 2.40. The molecule has 0 radical (unpaired) electrons. The van der Waals surface area contributed by atoms with Gasteiger partial charge in [0.15, 0.2) is 0 Å². The van der Waals surface area contributed by atoms with Crippen molar-refractivity contribution in [3.63, 3.8) is 0 Å². The van der Waals surface area contributed by atoms with E-state index in [0.29, 0.717) is 16.9 Å². The second-order valence-electron chi connectivity index (χ2n) is 9.80. The Balaban J connectivity index is 2.81. The molecule has 4 N–H and O–H groups in total. The van der Waals surface area contributed by atoms with Gasteiger partial charge in [0, 0.05) is 22.1 Å². The van der Waals surface area contributed by atoms with Gasteiger partial charge in [0.05, 0.1) is 11.1 Å². The highest BCUT2D eigenvalue weighted by molar-refractivity contribution is 5.96. The molecule has 0 aliphatic heterocycles. The molecule has 41 heavy (non-hydrogen) atoms. The summed E-state index contributed by atoms with van der Waals surface area (Å²) >= 11 is 0. The molecule has 2 rings (SSSR count). The first-order valence-corrected chi connectivity index (χ1v) is 12.3. The molecular formula is C31H32O10. The molecule has 0 amide bonds. The van der Waals surface area contributed by atoms with Crippen molar-refractivity contribution in [1.29, 1.82) is 0 Å². The van der Waals surface area contributed by atoms with E-state index in [1.807, 2.05) is 13.8 Å². The standard InChI is InChI=1S/C31H32O10/c1-17(27(32)33)13-23-24(14-18(2)28(34)35)26(41-16-20(4)30(38)39)12-11-25(23)31(5,6)21-7-9-22(10-8-21)40-15-19(3)29(36)37/h7-16H,1-6H3,(H,32,33)(H,34,35)(H,36,37)(H,38,39). The molecule has 0 aliphatic rings. The van der Waals surface area contributed by atoms with Crippen LogP contribution in [0.25, 0.3) is 12.2 Å². The normalized spacial score (nSPS) is 13.0. The third-order valence-electron chi connectivity index (χ3n) is 6.30. The van der Waals surface area contributed by atoms with Crippen molar-refractivity contribution >= 4 is 36.0 Å². The number of ether oxygens (including phenoxy) is 2. The van der Waals surface area contributed by atoms with E-state index in [0.717, 1.165) is 18.1 Å². The molecule has 0 saturated carbocycles. The van der Waals surface area contributed by atoms with Crippen LogP contribution in [-0.2, 0) is 24.6 Å². The molecule has 10 heteroatoms. The molecule has 0 atom stereocenters. The first kappa shape index (κ1) is 32.1. The molecule has 0 unspecified atom stereocenters. The largest absolute Gasteiger partial charge is 0.478 e. The molecule has 0 heterocycles. The first-order chi connectivity index (χ1) is 19.1. The zero-order chi connectivity index (χ0) is 31.1. The van der Waals surface area contributed by atoms with Gasteiger partial charge in [-0.1, -0.05) is 32.0 Å². The highest BCUT2D eigenvalue weighted by atomic mass is 16.5. The van der Waals surface area contributed by atoms with Crippen LogP contribution in [-0.4, -0.2) is 44.3 Å². The predicted molar refractivity (Wildman–Crippen MR) is 152 cm³/mol. The fourth-order valence-electron chi connectivity index (χ4n) is 3.64. The Kier molecular flexibility index (Phi) is 10.4. The van der Waals surface area contributed by atoms with E-state index in [4.69, 9.17) is 14.6 Å². The average molecular weight is 565 g/mol. The summed E-state index contributed by atoms with van der Waals surface area (Å²) in [6.45, 7) is 9.30. The summed E-state index contributed by atoms with van der Waals surface area (Å²) in [7, 11) is 0. The molecular weight excluding hydrogens is 532 g/mol. The fraction of sp³-hybridized carbons (Fsp3) is 0.226. The van der Waals surface area contributed by atoms with Gasteiger partial charge in [-0.2, -0.15) is 0 Å². The van der Waals surface area contributed by atoms with Crippen molar-refractivity contribution in [3.8, 4) is 11.5 Å². The number of carbonyl (C=O) groups is 4. The summed E-state index contributed by atoms with van der Waals surface area (Å²) in [5.74, 6) is -4.17. The zero-order valence-electron chi connectivity index (χ0n) is 23.5. The first-order valence-electron chi connectivity index (χ1n) is 12.3. The molecule has 10 nitrogen and oxygen atoms in total. The van der Waals surface area contributed by atoms with Gasteiger partial charge in [0.1, 0.15) is 24.0 Å².